The maximum atomic E-state index is 12.5. The molecule has 0 bridgehead atoms. The summed E-state index contributed by atoms with van der Waals surface area (Å²) in [5.41, 5.74) is 2.70. The third-order valence-electron chi connectivity index (χ3n) is 4.14. The number of nitrogens with one attached hydrogen (secondary N) is 1. The van der Waals surface area contributed by atoms with Crippen LogP contribution in [0.4, 0.5) is 5.69 Å². The molecule has 3 aromatic carbocycles. The zero-order valence-electron chi connectivity index (χ0n) is 13.9. The number of hydrogen-bond donors (Lipinski definition) is 2. The highest BCUT2D eigenvalue weighted by atomic mass is 16.5. The van der Waals surface area contributed by atoms with E-state index in [2.05, 4.69) is 5.32 Å². The van der Waals surface area contributed by atoms with Gasteiger partial charge in [0, 0.05) is 11.3 Å². The standard InChI is InChI=1S/C20H16BNO4/c23-20(22-16-10-9-15-13-25-21(24)19(15)12-16)14-5-4-8-18(11-14)26-17-6-2-1-3-7-17/h1-12,24H,13H2,(H,22,23). The summed E-state index contributed by atoms with van der Waals surface area (Å²) in [4.78, 5) is 12.5. The molecule has 0 aromatic heterocycles. The van der Waals surface area contributed by atoms with Gasteiger partial charge in [-0.1, -0.05) is 30.3 Å². The van der Waals surface area contributed by atoms with E-state index in [1.807, 2.05) is 36.4 Å². The first-order valence-electron chi connectivity index (χ1n) is 8.26. The molecule has 0 saturated heterocycles. The van der Waals surface area contributed by atoms with E-state index in [4.69, 9.17) is 9.39 Å². The Kier molecular flexibility index (Phi) is 4.43. The Balaban J connectivity index is 1.50. The summed E-state index contributed by atoms with van der Waals surface area (Å²) in [5.74, 6) is 1.04. The summed E-state index contributed by atoms with van der Waals surface area (Å²) in [7, 11) is -0.940. The third-order valence-corrected chi connectivity index (χ3v) is 4.14. The van der Waals surface area contributed by atoms with Crippen LogP contribution in [0.3, 0.4) is 0 Å². The van der Waals surface area contributed by atoms with Gasteiger partial charge in [-0.2, -0.15) is 0 Å². The second-order valence-electron chi connectivity index (χ2n) is 5.97. The maximum Gasteiger partial charge on any atom is 0.491 e. The molecule has 1 heterocycles. The number of rotatable bonds is 4. The first kappa shape index (κ1) is 16.4. The zero-order chi connectivity index (χ0) is 17.9. The van der Waals surface area contributed by atoms with E-state index in [9.17, 15) is 9.82 Å². The fraction of sp³-hybridized carbons (Fsp3) is 0.0500. The predicted molar refractivity (Wildman–Crippen MR) is 99.7 cm³/mol. The highest BCUT2D eigenvalue weighted by molar-refractivity contribution is 6.61. The summed E-state index contributed by atoms with van der Waals surface area (Å²) < 4.78 is 10.9. The minimum Gasteiger partial charge on any atom is -0.457 e. The lowest BCUT2D eigenvalue weighted by molar-refractivity contribution is 0.102. The number of carbonyl (C=O) groups is 1. The van der Waals surface area contributed by atoms with Crippen LogP contribution in [0.2, 0.25) is 0 Å². The number of para-hydroxylation sites is 1. The van der Waals surface area contributed by atoms with Crippen LogP contribution in [0, 0.1) is 0 Å². The van der Waals surface area contributed by atoms with Gasteiger partial charge in [0.1, 0.15) is 11.5 Å². The number of hydrogen-bond acceptors (Lipinski definition) is 4. The molecule has 0 saturated carbocycles. The van der Waals surface area contributed by atoms with E-state index in [0.717, 1.165) is 5.56 Å². The molecule has 4 rings (SSSR count). The van der Waals surface area contributed by atoms with Crippen LogP contribution in [0.25, 0.3) is 0 Å². The van der Waals surface area contributed by atoms with Crippen LogP contribution in [-0.2, 0) is 11.3 Å². The predicted octanol–water partition coefficient (Wildman–Crippen LogP) is 2.95. The Morgan fingerprint density at radius 2 is 1.81 bits per heavy atom. The highest BCUT2D eigenvalue weighted by Crippen LogP contribution is 2.22. The van der Waals surface area contributed by atoms with E-state index < -0.39 is 7.12 Å². The van der Waals surface area contributed by atoms with Crippen molar-refractivity contribution in [3.05, 3.63) is 83.9 Å². The third kappa shape index (κ3) is 3.47. The van der Waals surface area contributed by atoms with Crippen molar-refractivity contribution in [1.82, 2.24) is 0 Å². The van der Waals surface area contributed by atoms with Crippen molar-refractivity contribution in [2.75, 3.05) is 5.32 Å². The number of benzene rings is 3. The molecule has 0 radical (unpaired) electrons. The molecule has 1 amide bonds. The quantitative estimate of drug-likeness (QED) is 0.714. The number of fused-ring (bicyclic) bond motifs is 1. The van der Waals surface area contributed by atoms with Crippen LogP contribution in [-0.4, -0.2) is 18.0 Å². The maximum absolute atomic E-state index is 12.5. The molecule has 0 fully saturated rings. The van der Waals surface area contributed by atoms with Gasteiger partial charge in [0.05, 0.1) is 6.61 Å². The van der Waals surface area contributed by atoms with Crippen LogP contribution in [0.1, 0.15) is 15.9 Å². The summed E-state index contributed by atoms with van der Waals surface area (Å²) in [6.07, 6.45) is 0. The fourth-order valence-electron chi connectivity index (χ4n) is 2.82. The smallest absolute Gasteiger partial charge is 0.457 e. The van der Waals surface area contributed by atoms with E-state index in [1.54, 1.807) is 36.4 Å². The van der Waals surface area contributed by atoms with Crippen molar-refractivity contribution in [3.8, 4) is 11.5 Å². The monoisotopic (exact) mass is 345 g/mol. The SMILES string of the molecule is O=C(Nc1ccc2c(c1)B(O)OC2)c1cccc(Oc2ccccc2)c1. The topological polar surface area (TPSA) is 67.8 Å². The van der Waals surface area contributed by atoms with E-state index >= 15 is 0 Å². The molecule has 0 aliphatic carbocycles. The van der Waals surface area contributed by atoms with Gasteiger partial charge in [0.2, 0.25) is 0 Å². The number of anilines is 1. The Morgan fingerprint density at radius 1 is 1.00 bits per heavy atom. The number of ether oxygens (including phenoxy) is 1. The van der Waals surface area contributed by atoms with Crippen LogP contribution >= 0.6 is 0 Å². The molecule has 3 aromatic rings. The molecule has 1 aliphatic rings. The number of amides is 1. The Bertz CT molecular complexity index is 946. The Hall–Kier alpha value is -3.09. The minimum absolute atomic E-state index is 0.253. The van der Waals surface area contributed by atoms with E-state index in [1.165, 1.54) is 0 Å². The van der Waals surface area contributed by atoms with Gasteiger partial charge in [-0.15, -0.1) is 0 Å². The molecule has 1 aliphatic heterocycles. The van der Waals surface area contributed by atoms with Gasteiger partial charge in [0.25, 0.3) is 5.91 Å². The second kappa shape index (κ2) is 7.03. The lowest BCUT2D eigenvalue weighted by Crippen LogP contribution is -2.28. The Labute approximate surface area is 151 Å². The molecule has 2 N–H and O–H groups in total. The van der Waals surface area contributed by atoms with E-state index in [-0.39, 0.29) is 5.91 Å². The van der Waals surface area contributed by atoms with Crippen LogP contribution in [0.15, 0.2) is 72.8 Å². The van der Waals surface area contributed by atoms with Crippen molar-refractivity contribution in [3.63, 3.8) is 0 Å². The van der Waals surface area contributed by atoms with Gasteiger partial charge in [-0.05, 0) is 53.5 Å². The van der Waals surface area contributed by atoms with Gasteiger partial charge < -0.3 is 19.7 Å². The van der Waals surface area contributed by atoms with Crippen molar-refractivity contribution in [2.24, 2.45) is 0 Å². The molecular weight excluding hydrogens is 329 g/mol. The molecule has 26 heavy (non-hydrogen) atoms. The summed E-state index contributed by atoms with van der Waals surface area (Å²) in [6.45, 7) is 0.379. The molecule has 128 valence electrons. The molecule has 6 heteroatoms. The van der Waals surface area contributed by atoms with Gasteiger partial charge >= 0.3 is 7.12 Å². The molecule has 5 nitrogen and oxygen atoms in total. The van der Waals surface area contributed by atoms with E-state index in [0.29, 0.717) is 34.8 Å². The van der Waals surface area contributed by atoms with Gasteiger partial charge in [0.15, 0.2) is 0 Å². The van der Waals surface area contributed by atoms with Crippen molar-refractivity contribution < 1.29 is 19.2 Å². The van der Waals surface area contributed by atoms with Gasteiger partial charge in [-0.3, -0.25) is 4.79 Å². The first-order chi connectivity index (χ1) is 12.7. The first-order valence-corrected chi connectivity index (χ1v) is 8.26. The highest BCUT2D eigenvalue weighted by Gasteiger charge is 2.27. The molecular formula is C20H16BNO4. The van der Waals surface area contributed by atoms with Crippen LogP contribution < -0.4 is 15.5 Å². The largest absolute Gasteiger partial charge is 0.491 e. The fourth-order valence-corrected chi connectivity index (χ4v) is 2.82. The zero-order valence-corrected chi connectivity index (χ0v) is 13.9. The molecule has 0 atom stereocenters. The second-order valence-corrected chi connectivity index (χ2v) is 5.97. The normalized spacial score (nSPS) is 12.6. The average Bonchev–Trinajstić information content (AvgIpc) is 3.03. The van der Waals surface area contributed by atoms with Crippen molar-refractivity contribution in [1.29, 1.82) is 0 Å². The summed E-state index contributed by atoms with van der Waals surface area (Å²) in [6, 6.07) is 21.7. The van der Waals surface area contributed by atoms with Gasteiger partial charge in [-0.25, -0.2) is 0 Å². The molecule has 0 spiro atoms. The van der Waals surface area contributed by atoms with Crippen molar-refractivity contribution in [2.45, 2.75) is 6.61 Å². The lowest BCUT2D eigenvalue weighted by Gasteiger charge is -2.09. The average molecular weight is 345 g/mol. The van der Waals surface area contributed by atoms with Crippen molar-refractivity contribution >= 4 is 24.2 Å². The summed E-state index contributed by atoms with van der Waals surface area (Å²) >= 11 is 0. The summed E-state index contributed by atoms with van der Waals surface area (Å²) in [5, 5.41) is 12.6. The Morgan fingerprint density at radius 3 is 2.65 bits per heavy atom. The van der Waals surface area contributed by atoms with Crippen LogP contribution in [0.5, 0.6) is 11.5 Å². The number of carbonyl (C=O) groups excluding carboxylic acids is 1. The molecule has 0 unspecified atom stereocenters. The lowest BCUT2D eigenvalue weighted by atomic mass is 9.79. The minimum atomic E-state index is -0.940.